The van der Waals surface area contributed by atoms with Crippen molar-refractivity contribution in [2.75, 3.05) is 0 Å². The fraction of sp³-hybridized carbons (Fsp3) is 0. The molecule has 10 aromatic rings. The number of aromatic nitrogens is 2. The summed E-state index contributed by atoms with van der Waals surface area (Å²) < 4.78 is 133. The predicted octanol–water partition coefficient (Wildman–Crippen LogP) is 12.9. The highest BCUT2D eigenvalue weighted by Crippen LogP contribution is 2.43. The molecule has 0 unspecified atom stereocenters. The molecule has 0 N–H and O–H groups in total. The molecular formula is C48H32N2. The Morgan fingerprint density at radius 1 is 0.340 bits per heavy atom. The largest absolute Gasteiger partial charge is 0.309 e. The Morgan fingerprint density at radius 2 is 0.820 bits per heavy atom. The number of nitrogens with zero attached hydrogens (tertiary/aromatic N) is 2. The molecule has 50 heavy (non-hydrogen) atoms. The van der Waals surface area contributed by atoms with Crippen LogP contribution in [0.1, 0.15) is 20.6 Å². The van der Waals surface area contributed by atoms with Gasteiger partial charge in [-0.05, 0) is 87.9 Å². The van der Waals surface area contributed by atoms with E-state index >= 15 is 0 Å². The van der Waals surface area contributed by atoms with Gasteiger partial charge in [-0.3, -0.25) is 0 Å². The van der Waals surface area contributed by atoms with Crippen molar-refractivity contribution in [3.05, 3.63) is 194 Å². The second-order valence-corrected chi connectivity index (χ2v) is 11.8. The van der Waals surface area contributed by atoms with Crippen LogP contribution < -0.4 is 0 Å². The third-order valence-corrected chi connectivity index (χ3v) is 9.19. The Bertz CT molecular complexity index is 3560. The van der Waals surface area contributed by atoms with Gasteiger partial charge >= 0.3 is 0 Å². The van der Waals surface area contributed by atoms with Crippen LogP contribution in [0.4, 0.5) is 0 Å². The summed E-state index contributed by atoms with van der Waals surface area (Å²) in [6, 6.07) is 24.1. The van der Waals surface area contributed by atoms with Gasteiger partial charge in [0.05, 0.1) is 42.6 Å². The minimum absolute atomic E-state index is 0.0335. The summed E-state index contributed by atoms with van der Waals surface area (Å²) >= 11 is 0. The molecule has 0 aliphatic rings. The lowest BCUT2D eigenvalue weighted by atomic mass is 9.87. The molecule has 0 radical (unpaired) electrons. The first-order chi connectivity index (χ1) is 31.0. The minimum Gasteiger partial charge on any atom is -0.309 e. The molecule has 2 heteroatoms. The van der Waals surface area contributed by atoms with Gasteiger partial charge in [-0.15, -0.1) is 0 Å². The van der Waals surface area contributed by atoms with Crippen LogP contribution in [-0.2, 0) is 0 Å². The Labute approximate surface area is 311 Å². The van der Waals surface area contributed by atoms with E-state index in [1.165, 1.54) is 0 Å². The van der Waals surface area contributed by atoms with Crippen molar-refractivity contribution in [3.63, 3.8) is 0 Å². The molecular weight excluding hydrogens is 605 g/mol. The standard InChI is InChI=1S/C48H32N2/c1-4-15-33(16-5-1)38-23-14-24-39(34-17-6-2-7-18-34)48(38)35-27-29-46-42(31-35)40-21-10-13-26-45(40)50(46)37-28-30-47-43(32-37)41-22-11-12-25-44(41)49(47)36-19-8-3-9-20-36/h1-32H/i1D,2D,3D,4D,5D,6D,7D,8D,9D,15D,16D,17D,18D,19D,20D. The number of para-hydroxylation sites is 3. The van der Waals surface area contributed by atoms with Crippen LogP contribution in [0, 0.1) is 0 Å². The summed E-state index contributed by atoms with van der Waals surface area (Å²) in [5.74, 6) is 0. The molecule has 0 spiro atoms. The monoisotopic (exact) mass is 651 g/mol. The first kappa shape index (κ1) is 17.1. The molecule has 234 valence electrons. The van der Waals surface area contributed by atoms with Crippen LogP contribution in [0.15, 0.2) is 194 Å². The molecule has 8 aromatic carbocycles. The average molecular weight is 652 g/mol. The van der Waals surface area contributed by atoms with Crippen molar-refractivity contribution in [1.29, 1.82) is 0 Å². The van der Waals surface area contributed by atoms with Crippen LogP contribution in [0.5, 0.6) is 0 Å². The number of rotatable bonds is 5. The van der Waals surface area contributed by atoms with E-state index in [0.717, 1.165) is 38.3 Å². The molecule has 2 aromatic heterocycles. The molecule has 2 nitrogen and oxygen atoms in total. The Hall–Kier alpha value is -6.64. The number of fused-ring (bicyclic) bond motifs is 6. The van der Waals surface area contributed by atoms with Gasteiger partial charge in [-0.1, -0.05) is 139 Å². The van der Waals surface area contributed by atoms with E-state index in [1.54, 1.807) is 28.8 Å². The molecule has 0 aliphatic carbocycles. The topological polar surface area (TPSA) is 9.86 Å². The molecule has 0 fully saturated rings. The van der Waals surface area contributed by atoms with Crippen molar-refractivity contribution in [2.24, 2.45) is 0 Å². The second kappa shape index (κ2) is 11.5. The van der Waals surface area contributed by atoms with Gasteiger partial charge in [-0.25, -0.2) is 0 Å². The zero-order valence-electron chi connectivity index (χ0n) is 41.2. The van der Waals surface area contributed by atoms with Crippen molar-refractivity contribution in [1.82, 2.24) is 9.13 Å². The highest BCUT2D eigenvalue weighted by molar-refractivity contribution is 6.13. The molecule has 2 heterocycles. The van der Waals surface area contributed by atoms with Crippen LogP contribution in [0.25, 0.3) is 88.4 Å². The predicted molar refractivity (Wildman–Crippen MR) is 211 cm³/mol. The van der Waals surface area contributed by atoms with Crippen molar-refractivity contribution in [3.8, 4) is 44.8 Å². The zero-order chi connectivity index (χ0) is 46.1. The van der Waals surface area contributed by atoms with E-state index < -0.39 is 78.6 Å². The van der Waals surface area contributed by atoms with E-state index in [1.807, 2.05) is 78.9 Å². The van der Waals surface area contributed by atoms with Gasteiger partial charge in [0.15, 0.2) is 0 Å². The van der Waals surface area contributed by atoms with E-state index in [0.29, 0.717) is 22.2 Å². The van der Waals surface area contributed by atoms with Crippen molar-refractivity contribution in [2.45, 2.75) is 0 Å². The van der Waals surface area contributed by atoms with Crippen LogP contribution >= 0.6 is 0 Å². The summed E-state index contributed by atoms with van der Waals surface area (Å²) in [6.45, 7) is 0. The fourth-order valence-electron chi connectivity index (χ4n) is 7.15. The second-order valence-electron chi connectivity index (χ2n) is 11.8. The Kier molecular flexibility index (Phi) is 3.95. The molecule has 0 bridgehead atoms. The van der Waals surface area contributed by atoms with E-state index in [2.05, 4.69) is 4.57 Å². The highest BCUT2D eigenvalue weighted by atomic mass is 15.0. The van der Waals surface area contributed by atoms with Gasteiger partial charge in [0, 0.05) is 32.9 Å². The third-order valence-electron chi connectivity index (χ3n) is 9.19. The highest BCUT2D eigenvalue weighted by Gasteiger charge is 2.19. The maximum Gasteiger partial charge on any atom is 0.0645 e. The molecule has 0 amide bonds. The first-order valence-corrected chi connectivity index (χ1v) is 16.0. The Morgan fingerprint density at radius 3 is 1.42 bits per heavy atom. The summed E-state index contributed by atoms with van der Waals surface area (Å²) in [6.07, 6.45) is 0. The lowest BCUT2D eigenvalue weighted by molar-refractivity contribution is 1.17. The van der Waals surface area contributed by atoms with E-state index in [4.69, 9.17) is 20.6 Å². The summed E-state index contributed by atoms with van der Waals surface area (Å²) in [4.78, 5) is 0. The number of hydrogen-bond donors (Lipinski definition) is 0. The maximum atomic E-state index is 8.95. The van der Waals surface area contributed by atoms with Gasteiger partial charge in [-0.2, -0.15) is 0 Å². The van der Waals surface area contributed by atoms with Crippen LogP contribution in [-0.4, -0.2) is 9.13 Å². The van der Waals surface area contributed by atoms with Crippen LogP contribution in [0.3, 0.4) is 0 Å². The summed E-state index contributed by atoms with van der Waals surface area (Å²) in [5, 5.41) is 3.14. The number of benzene rings is 8. The molecule has 0 saturated carbocycles. The lowest BCUT2D eigenvalue weighted by Crippen LogP contribution is -1.95. The lowest BCUT2D eigenvalue weighted by Gasteiger charge is -2.17. The summed E-state index contributed by atoms with van der Waals surface area (Å²) in [7, 11) is 0. The van der Waals surface area contributed by atoms with Crippen molar-refractivity contribution >= 4 is 43.6 Å². The fourth-order valence-corrected chi connectivity index (χ4v) is 7.15. The number of hydrogen-bond acceptors (Lipinski definition) is 0. The van der Waals surface area contributed by atoms with Gasteiger partial charge < -0.3 is 9.13 Å². The smallest absolute Gasteiger partial charge is 0.0645 e. The molecule has 0 saturated heterocycles. The normalized spacial score (nSPS) is 15.8. The third kappa shape index (κ3) is 4.43. The average Bonchev–Trinajstić information content (AvgIpc) is 3.82. The zero-order valence-corrected chi connectivity index (χ0v) is 26.2. The first-order valence-electron chi connectivity index (χ1n) is 23.5. The van der Waals surface area contributed by atoms with E-state index in [-0.39, 0.29) is 40.0 Å². The quantitative estimate of drug-likeness (QED) is 0.175. The van der Waals surface area contributed by atoms with E-state index in [9.17, 15) is 0 Å². The van der Waals surface area contributed by atoms with Gasteiger partial charge in [0.2, 0.25) is 0 Å². The van der Waals surface area contributed by atoms with Crippen LogP contribution in [0.2, 0.25) is 0 Å². The van der Waals surface area contributed by atoms with Crippen molar-refractivity contribution < 1.29 is 20.6 Å². The molecule has 0 atom stereocenters. The van der Waals surface area contributed by atoms with Gasteiger partial charge in [0.1, 0.15) is 0 Å². The SMILES string of the molecule is [2H]c1c([2H])c([2H])c(-c2cccc(-c3c([2H])c([2H])c([2H])c([2H])c3[2H])c2-c2ccc3c(c2)c2ccccc2n3-c2ccc3c(c2)c2ccccc2n3-c2c([2H])c([2H])c([2H])c([2H])c2[2H])c([2H])c1[2H]. The molecule has 0 aliphatic heterocycles. The molecule has 10 rings (SSSR count). The van der Waals surface area contributed by atoms with Gasteiger partial charge in [0.25, 0.3) is 0 Å². The maximum absolute atomic E-state index is 8.95. The Balaban J connectivity index is 1.26. The summed E-state index contributed by atoms with van der Waals surface area (Å²) in [5.41, 5.74) is 4.60. The minimum atomic E-state index is -0.571.